The summed E-state index contributed by atoms with van der Waals surface area (Å²) in [6.45, 7) is 1.72. The largest absolute Gasteiger partial charge is 0.390 e. The lowest BCUT2D eigenvalue weighted by molar-refractivity contribution is 0.0196. The molecule has 0 aromatic heterocycles. The molecule has 0 aromatic carbocycles. The Kier molecular flexibility index (Phi) is 0.821. The van der Waals surface area contributed by atoms with E-state index in [4.69, 9.17) is 5.11 Å². The zero-order valence-electron chi connectivity index (χ0n) is 3.89. The van der Waals surface area contributed by atoms with Gasteiger partial charge in [0.05, 0.1) is 6.10 Å². The zero-order chi connectivity index (χ0) is 4.57. The number of aliphatic hydroxyl groups is 1. The minimum absolute atomic E-state index is 0.0324. The van der Waals surface area contributed by atoms with Crippen LogP contribution in [0, 0.1) is 0 Å². The Labute approximate surface area is 37.4 Å². The Balaban J connectivity index is 2.11. The molecule has 1 N–H and O–H groups in total. The summed E-state index contributed by atoms with van der Waals surface area (Å²) >= 11 is 0. The van der Waals surface area contributed by atoms with Crippen LogP contribution in [0.5, 0.6) is 0 Å². The zero-order valence-corrected chi connectivity index (χ0v) is 3.89. The Morgan fingerprint density at radius 3 is 2.17 bits per heavy atom. The van der Waals surface area contributed by atoms with Gasteiger partial charge in [-0.05, 0) is 7.05 Å². The van der Waals surface area contributed by atoms with Crippen molar-refractivity contribution in [3.8, 4) is 0 Å². The summed E-state index contributed by atoms with van der Waals surface area (Å²) in [5.74, 6) is 0. The van der Waals surface area contributed by atoms with Crippen molar-refractivity contribution in [1.29, 1.82) is 0 Å². The molecule has 0 atom stereocenters. The Morgan fingerprint density at radius 2 is 2.17 bits per heavy atom. The Bertz CT molecular complexity index is 43.5. The van der Waals surface area contributed by atoms with Crippen LogP contribution in [0.25, 0.3) is 0 Å². The van der Waals surface area contributed by atoms with E-state index in [0.717, 1.165) is 13.1 Å². The first-order valence-corrected chi connectivity index (χ1v) is 2.15. The van der Waals surface area contributed by atoms with Crippen LogP contribution in [0.1, 0.15) is 0 Å². The molecule has 0 aliphatic carbocycles. The number of rotatable bonds is 0. The molecule has 1 fully saturated rings. The van der Waals surface area contributed by atoms with Gasteiger partial charge < -0.3 is 10.0 Å². The smallest absolute Gasteiger partial charge is 0.0793 e. The van der Waals surface area contributed by atoms with Crippen LogP contribution in [0.2, 0.25) is 0 Å². The van der Waals surface area contributed by atoms with Gasteiger partial charge in [0.15, 0.2) is 0 Å². The number of hydrogen-bond acceptors (Lipinski definition) is 2. The van der Waals surface area contributed by atoms with E-state index in [2.05, 4.69) is 4.90 Å². The van der Waals surface area contributed by atoms with Crippen molar-refractivity contribution in [2.45, 2.75) is 6.10 Å². The molecule has 0 amide bonds. The van der Waals surface area contributed by atoms with Crippen molar-refractivity contribution in [2.75, 3.05) is 20.1 Å². The van der Waals surface area contributed by atoms with Gasteiger partial charge >= 0.3 is 0 Å². The van der Waals surface area contributed by atoms with Crippen molar-refractivity contribution < 1.29 is 5.11 Å². The fraction of sp³-hybridized carbons (Fsp3) is 1.00. The van der Waals surface area contributed by atoms with E-state index in [1.165, 1.54) is 0 Å². The van der Waals surface area contributed by atoms with Gasteiger partial charge in [0.25, 0.3) is 0 Å². The van der Waals surface area contributed by atoms with Gasteiger partial charge in [0, 0.05) is 13.1 Å². The maximum atomic E-state index is 8.58. The molecule has 0 saturated carbocycles. The average Bonchev–Trinajstić information content (AvgIpc) is 1.33. The lowest BCUT2D eigenvalue weighted by Gasteiger charge is -2.31. The third kappa shape index (κ3) is 0.533. The van der Waals surface area contributed by atoms with Crippen molar-refractivity contribution in [3.05, 3.63) is 0 Å². The van der Waals surface area contributed by atoms with Gasteiger partial charge in [-0.1, -0.05) is 0 Å². The third-order valence-electron chi connectivity index (χ3n) is 1.04. The fourth-order valence-corrected chi connectivity index (χ4v) is 0.666. The SMILES string of the molecule is CN1CC(O)C1. The molecule has 0 bridgehead atoms. The summed E-state index contributed by atoms with van der Waals surface area (Å²) in [6, 6.07) is 0. The maximum Gasteiger partial charge on any atom is 0.0793 e. The predicted molar refractivity (Wildman–Crippen MR) is 23.5 cm³/mol. The predicted octanol–water partition coefficient (Wildman–Crippen LogP) is -0.707. The highest BCUT2D eigenvalue weighted by Crippen LogP contribution is 2.00. The molecule has 2 nitrogen and oxygen atoms in total. The summed E-state index contributed by atoms with van der Waals surface area (Å²) in [4.78, 5) is 2.07. The molecule has 2 heteroatoms. The second-order valence-corrected chi connectivity index (χ2v) is 1.88. The Morgan fingerprint density at radius 1 is 1.67 bits per heavy atom. The Hall–Kier alpha value is -0.0800. The van der Waals surface area contributed by atoms with Gasteiger partial charge in [-0.15, -0.1) is 0 Å². The van der Waals surface area contributed by atoms with E-state index in [1.54, 1.807) is 0 Å². The first-order chi connectivity index (χ1) is 2.79. The minimum Gasteiger partial charge on any atom is -0.390 e. The lowest BCUT2D eigenvalue weighted by Crippen LogP contribution is -2.47. The van der Waals surface area contributed by atoms with Gasteiger partial charge in [-0.3, -0.25) is 0 Å². The van der Waals surface area contributed by atoms with Crippen LogP contribution in [0.4, 0.5) is 0 Å². The number of nitrogens with zero attached hydrogens (tertiary/aromatic N) is 1. The second kappa shape index (κ2) is 1.21. The monoisotopic (exact) mass is 87.1 g/mol. The highest BCUT2D eigenvalue weighted by molar-refractivity contribution is 4.74. The molecule has 1 rings (SSSR count). The summed E-state index contributed by atoms with van der Waals surface area (Å²) in [5.41, 5.74) is 0. The molecule has 1 heterocycles. The molecular formula is C4H9NO. The van der Waals surface area contributed by atoms with Gasteiger partial charge in [-0.2, -0.15) is 0 Å². The highest BCUT2D eigenvalue weighted by atomic mass is 16.3. The van der Waals surface area contributed by atoms with Gasteiger partial charge in [0.2, 0.25) is 0 Å². The number of likely N-dealkylation sites (tertiary alicyclic amines) is 1. The molecule has 1 aliphatic heterocycles. The normalized spacial score (nSPS) is 27.0. The fourth-order valence-electron chi connectivity index (χ4n) is 0.666. The molecule has 0 aromatic rings. The molecule has 0 unspecified atom stereocenters. The maximum absolute atomic E-state index is 8.58. The number of β-amino-alcohol motifs (C(OH)–C–C–N with tert-alkyl or cyclic N) is 1. The van der Waals surface area contributed by atoms with Crippen molar-refractivity contribution in [1.82, 2.24) is 4.90 Å². The van der Waals surface area contributed by atoms with Crippen LogP contribution in [0.15, 0.2) is 0 Å². The summed E-state index contributed by atoms with van der Waals surface area (Å²) in [5, 5.41) is 8.58. The number of likely N-dealkylation sites (N-methyl/N-ethyl adjacent to an activating group) is 1. The quantitative estimate of drug-likeness (QED) is 0.422. The highest BCUT2D eigenvalue weighted by Gasteiger charge is 2.18. The summed E-state index contributed by atoms with van der Waals surface area (Å²) in [7, 11) is 1.99. The third-order valence-corrected chi connectivity index (χ3v) is 1.04. The van der Waals surface area contributed by atoms with Gasteiger partial charge in [-0.25, -0.2) is 0 Å². The van der Waals surface area contributed by atoms with E-state index in [1.807, 2.05) is 7.05 Å². The van der Waals surface area contributed by atoms with Crippen LogP contribution in [-0.2, 0) is 0 Å². The van der Waals surface area contributed by atoms with Crippen molar-refractivity contribution >= 4 is 0 Å². The summed E-state index contributed by atoms with van der Waals surface area (Å²) < 4.78 is 0. The molecule has 6 heavy (non-hydrogen) atoms. The van der Waals surface area contributed by atoms with Crippen LogP contribution < -0.4 is 0 Å². The molecule has 0 radical (unpaired) electrons. The molecular weight excluding hydrogens is 78.0 g/mol. The van der Waals surface area contributed by atoms with Crippen LogP contribution in [-0.4, -0.2) is 36.2 Å². The van der Waals surface area contributed by atoms with Crippen molar-refractivity contribution in [3.63, 3.8) is 0 Å². The van der Waals surface area contributed by atoms with Crippen LogP contribution in [0.3, 0.4) is 0 Å². The van der Waals surface area contributed by atoms with Crippen molar-refractivity contribution in [2.24, 2.45) is 0 Å². The first-order valence-electron chi connectivity index (χ1n) is 2.15. The topological polar surface area (TPSA) is 23.5 Å². The van der Waals surface area contributed by atoms with Gasteiger partial charge in [0.1, 0.15) is 0 Å². The van der Waals surface area contributed by atoms with E-state index in [-0.39, 0.29) is 6.10 Å². The standard InChI is InChI=1S/C4H9NO/c1-5-2-4(6)3-5/h4,6H,2-3H2,1H3. The summed E-state index contributed by atoms with van der Waals surface area (Å²) in [6.07, 6.45) is -0.0324. The second-order valence-electron chi connectivity index (χ2n) is 1.88. The first kappa shape index (κ1) is 4.09. The van der Waals surface area contributed by atoms with E-state index >= 15 is 0 Å². The molecule has 36 valence electrons. The molecule has 1 saturated heterocycles. The van der Waals surface area contributed by atoms with Crippen LogP contribution >= 0.6 is 0 Å². The van der Waals surface area contributed by atoms with E-state index in [9.17, 15) is 0 Å². The average molecular weight is 87.1 g/mol. The lowest BCUT2D eigenvalue weighted by atomic mass is 10.2. The molecule has 0 spiro atoms. The number of hydrogen-bond donors (Lipinski definition) is 1. The molecule has 1 aliphatic rings. The minimum atomic E-state index is -0.0324. The van der Waals surface area contributed by atoms with E-state index < -0.39 is 0 Å². The number of aliphatic hydroxyl groups excluding tert-OH is 1. The van der Waals surface area contributed by atoms with E-state index in [0.29, 0.717) is 0 Å².